The summed E-state index contributed by atoms with van der Waals surface area (Å²) in [5.74, 6) is 3.82. The van der Waals surface area contributed by atoms with Gasteiger partial charge in [0.15, 0.2) is 11.5 Å². The van der Waals surface area contributed by atoms with Crippen molar-refractivity contribution >= 4 is 17.2 Å². The first kappa shape index (κ1) is 20.2. The zero-order valence-electron chi connectivity index (χ0n) is 16.4. The van der Waals surface area contributed by atoms with Crippen molar-refractivity contribution in [2.24, 2.45) is 0 Å². The SMILES string of the molecule is C#CCOc1ccc(CCC(=S)NCc2ccc3c(c2)CCCC3)cc1OC. The summed E-state index contributed by atoms with van der Waals surface area (Å²) < 4.78 is 10.9. The lowest BCUT2D eigenvalue weighted by atomic mass is 9.90. The van der Waals surface area contributed by atoms with Gasteiger partial charge >= 0.3 is 0 Å². The summed E-state index contributed by atoms with van der Waals surface area (Å²) >= 11 is 5.53. The van der Waals surface area contributed by atoms with E-state index in [2.05, 4.69) is 29.4 Å². The summed E-state index contributed by atoms with van der Waals surface area (Å²) in [6.07, 6.45) is 11.9. The van der Waals surface area contributed by atoms with Crippen LogP contribution in [0.2, 0.25) is 0 Å². The van der Waals surface area contributed by atoms with Gasteiger partial charge in [-0.1, -0.05) is 42.4 Å². The van der Waals surface area contributed by atoms with Crippen molar-refractivity contribution in [1.29, 1.82) is 0 Å². The number of fused-ring (bicyclic) bond motifs is 1. The average molecular weight is 394 g/mol. The highest BCUT2D eigenvalue weighted by Gasteiger charge is 2.10. The van der Waals surface area contributed by atoms with Crippen LogP contribution in [0.25, 0.3) is 0 Å². The van der Waals surface area contributed by atoms with E-state index in [1.807, 2.05) is 18.2 Å². The Hall–Kier alpha value is -2.51. The van der Waals surface area contributed by atoms with E-state index in [1.54, 1.807) is 7.11 Å². The Balaban J connectivity index is 1.49. The number of aryl methyl sites for hydroxylation is 3. The molecular formula is C24H27NO2S. The van der Waals surface area contributed by atoms with Crippen LogP contribution in [0.4, 0.5) is 0 Å². The molecule has 2 aromatic rings. The van der Waals surface area contributed by atoms with Gasteiger partial charge in [0.1, 0.15) is 6.61 Å². The minimum atomic E-state index is 0.229. The standard InChI is InChI=1S/C24H27NO2S/c1-3-14-27-22-12-9-18(16-23(22)26-2)10-13-24(28)25-17-19-8-11-20-6-4-5-7-21(20)15-19/h1,8-9,11-12,15-16H,4-7,10,13-14,17H2,2H3,(H,25,28). The van der Waals surface area contributed by atoms with E-state index in [-0.39, 0.29) is 6.61 Å². The van der Waals surface area contributed by atoms with Crippen LogP contribution in [0.15, 0.2) is 36.4 Å². The van der Waals surface area contributed by atoms with E-state index < -0.39 is 0 Å². The van der Waals surface area contributed by atoms with Crippen molar-refractivity contribution < 1.29 is 9.47 Å². The molecular weight excluding hydrogens is 366 g/mol. The fourth-order valence-corrected chi connectivity index (χ4v) is 3.72. The van der Waals surface area contributed by atoms with E-state index >= 15 is 0 Å². The number of benzene rings is 2. The zero-order chi connectivity index (χ0) is 19.8. The van der Waals surface area contributed by atoms with Crippen LogP contribution in [-0.4, -0.2) is 18.7 Å². The number of hydrogen-bond donors (Lipinski definition) is 1. The average Bonchev–Trinajstić information content (AvgIpc) is 2.74. The number of rotatable bonds is 8. The Labute approximate surface area is 173 Å². The van der Waals surface area contributed by atoms with Crippen molar-refractivity contribution in [2.75, 3.05) is 13.7 Å². The van der Waals surface area contributed by atoms with E-state index in [0.29, 0.717) is 11.5 Å². The van der Waals surface area contributed by atoms with Gasteiger partial charge in [-0.05, 0) is 66.5 Å². The van der Waals surface area contributed by atoms with Crippen LogP contribution < -0.4 is 14.8 Å². The van der Waals surface area contributed by atoms with Gasteiger partial charge in [-0.2, -0.15) is 0 Å². The smallest absolute Gasteiger partial charge is 0.162 e. The third-order valence-electron chi connectivity index (χ3n) is 5.08. The Bertz CT molecular complexity index is 869. The van der Waals surface area contributed by atoms with Crippen LogP contribution in [0.3, 0.4) is 0 Å². The van der Waals surface area contributed by atoms with Gasteiger partial charge in [0.25, 0.3) is 0 Å². The second-order valence-electron chi connectivity index (χ2n) is 7.06. The lowest BCUT2D eigenvalue weighted by Gasteiger charge is -2.17. The van der Waals surface area contributed by atoms with Crippen LogP contribution in [0.1, 0.15) is 41.5 Å². The highest BCUT2D eigenvalue weighted by Crippen LogP contribution is 2.28. The number of hydrogen-bond acceptors (Lipinski definition) is 3. The van der Waals surface area contributed by atoms with E-state index in [4.69, 9.17) is 28.1 Å². The molecule has 3 nitrogen and oxygen atoms in total. The maximum atomic E-state index is 5.53. The minimum absolute atomic E-state index is 0.229. The van der Waals surface area contributed by atoms with E-state index in [0.717, 1.165) is 29.9 Å². The third kappa shape index (κ3) is 5.50. The lowest BCUT2D eigenvalue weighted by molar-refractivity contribution is 0.330. The quantitative estimate of drug-likeness (QED) is 0.523. The molecule has 1 aliphatic rings. The van der Waals surface area contributed by atoms with Crippen molar-refractivity contribution in [1.82, 2.24) is 5.32 Å². The van der Waals surface area contributed by atoms with Crippen LogP contribution >= 0.6 is 12.2 Å². The largest absolute Gasteiger partial charge is 0.493 e. The van der Waals surface area contributed by atoms with Gasteiger partial charge < -0.3 is 14.8 Å². The molecule has 0 bridgehead atoms. The Morgan fingerprint density at radius 3 is 2.64 bits per heavy atom. The molecule has 0 atom stereocenters. The molecule has 146 valence electrons. The monoisotopic (exact) mass is 393 g/mol. The molecule has 3 rings (SSSR count). The van der Waals surface area contributed by atoms with Gasteiger partial charge in [-0.25, -0.2) is 0 Å². The number of nitrogens with one attached hydrogen (secondary N) is 1. The van der Waals surface area contributed by atoms with Crippen molar-refractivity contribution in [3.05, 3.63) is 58.7 Å². The molecule has 1 N–H and O–H groups in total. The third-order valence-corrected chi connectivity index (χ3v) is 5.43. The summed E-state index contributed by atoms with van der Waals surface area (Å²) in [4.78, 5) is 0.879. The molecule has 0 saturated heterocycles. The maximum Gasteiger partial charge on any atom is 0.162 e. The van der Waals surface area contributed by atoms with Gasteiger partial charge in [0, 0.05) is 13.0 Å². The number of ether oxygens (including phenoxy) is 2. The highest BCUT2D eigenvalue weighted by atomic mass is 32.1. The van der Waals surface area contributed by atoms with Crippen LogP contribution in [0.5, 0.6) is 11.5 Å². The van der Waals surface area contributed by atoms with Crippen molar-refractivity contribution in [3.63, 3.8) is 0 Å². The first-order chi connectivity index (χ1) is 13.7. The Kier molecular flexibility index (Phi) is 7.33. The molecule has 1 aliphatic carbocycles. The molecule has 0 aliphatic heterocycles. The molecule has 4 heteroatoms. The second kappa shape index (κ2) is 10.1. The highest BCUT2D eigenvalue weighted by molar-refractivity contribution is 7.80. The topological polar surface area (TPSA) is 30.5 Å². The molecule has 0 unspecified atom stereocenters. The summed E-state index contributed by atoms with van der Waals surface area (Å²) in [5, 5.41) is 3.40. The summed E-state index contributed by atoms with van der Waals surface area (Å²) in [5.41, 5.74) is 5.49. The minimum Gasteiger partial charge on any atom is -0.493 e. The summed E-state index contributed by atoms with van der Waals surface area (Å²) in [6, 6.07) is 12.8. The summed E-state index contributed by atoms with van der Waals surface area (Å²) in [7, 11) is 1.63. The van der Waals surface area contributed by atoms with E-state index in [1.165, 1.54) is 42.4 Å². The van der Waals surface area contributed by atoms with Crippen LogP contribution in [0, 0.1) is 12.3 Å². The van der Waals surface area contributed by atoms with Crippen molar-refractivity contribution in [2.45, 2.75) is 45.1 Å². The predicted octanol–water partition coefficient (Wildman–Crippen LogP) is 4.64. The molecule has 0 saturated carbocycles. The molecule has 0 spiro atoms. The fourth-order valence-electron chi connectivity index (χ4n) is 3.55. The van der Waals surface area contributed by atoms with Crippen LogP contribution in [-0.2, 0) is 25.8 Å². The molecule has 0 amide bonds. The molecule has 0 radical (unpaired) electrons. The number of thiocarbonyl (C=S) groups is 1. The first-order valence-corrected chi connectivity index (χ1v) is 10.2. The normalized spacial score (nSPS) is 12.6. The molecule has 2 aromatic carbocycles. The first-order valence-electron chi connectivity index (χ1n) is 9.80. The predicted molar refractivity (Wildman–Crippen MR) is 118 cm³/mol. The molecule has 0 fully saturated rings. The van der Waals surface area contributed by atoms with Gasteiger partial charge in [-0.15, -0.1) is 6.42 Å². The second-order valence-corrected chi connectivity index (χ2v) is 7.56. The van der Waals surface area contributed by atoms with Crippen molar-refractivity contribution in [3.8, 4) is 23.8 Å². The Morgan fingerprint density at radius 1 is 1.07 bits per heavy atom. The zero-order valence-corrected chi connectivity index (χ0v) is 17.2. The number of terminal acetylenes is 1. The Morgan fingerprint density at radius 2 is 1.86 bits per heavy atom. The fraction of sp³-hybridized carbons (Fsp3) is 0.375. The molecule has 28 heavy (non-hydrogen) atoms. The molecule has 0 aromatic heterocycles. The maximum absolute atomic E-state index is 5.53. The molecule has 0 heterocycles. The van der Waals surface area contributed by atoms with Gasteiger partial charge in [-0.3, -0.25) is 0 Å². The van der Waals surface area contributed by atoms with E-state index in [9.17, 15) is 0 Å². The van der Waals surface area contributed by atoms with Gasteiger partial charge in [0.2, 0.25) is 0 Å². The lowest BCUT2D eigenvalue weighted by Crippen LogP contribution is -2.21. The summed E-state index contributed by atoms with van der Waals surface area (Å²) in [6.45, 7) is 1.01. The number of methoxy groups -OCH3 is 1. The van der Waals surface area contributed by atoms with Gasteiger partial charge in [0.05, 0.1) is 12.1 Å².